The minimum Gasteiger partial charge on any atom is -0.324 e. The van der Waals surface area contributed by atoms with Crippen LogP contribution in [0.25, 0.3) is 0 Å². The van der Waals surface area contributed by atoms with Gasteiger partial charge in [-0.05, 0) is 30.2 Å². The molecule has 0 radical (unpaired) electrons. The highest BCUT2D eigenvalue weighted by Gasteiger charge is 2.07. The topological polar surface area (TPSA) is 26.0 Å². The standard InChI is InChI=1S/C15H16ClNS/c1-11(17)13-7-3-5-9-15(13)18-10-12-6-2-4-8-14(12)16/h2-9,11H,10,17H2,1H3. The largest absolute Gasteiger partial charge is 0.324 e. The SMILES string of the molecule is CC(N)c1ccccc1SCc1ccccc1Cl. The molecule has 3 heteroatoms. The van der Waals surface area contributed by atoms with E-state index in [9.17, 15) is 0 Å². The van der Waals surface area contributed by atoms with Gasteiger partial charge in [0, 0.05) is 21.7 Å². The molecular formula is C15H16ClNS. The highest BCUT2D eigenvalue weighted by Crippen LogP contribution is 2.30. The Labute approximate surface area is 117 Å². The summed E-state index contributed by atoms with van der Waals surface area (Å²) in [6.45, 7) is 2.01. The number of hydrogen-bond donors (Lipinski definition) is 1. The van der Waals surface area contributed by atoms with E-state index in [1.807, 2.05) is 37.3 Å². The molecule has 0 aliphatic rings. The number of benzene rings is 2. The van der Waals surface area contributed by atoms with Gasteiger partial charge in [0.2, 0.25) is 0 Å². The quantitative estimate of drug-likeness (QED) is 0.823. The summed E-state index contributed by atoms with van der Waals surface area (Å²) < 4.78 is 0. The van der Waals surface area contributed by atoms with Crippen LogP contribution in [0.2, 0.25) is 5.02 Å². The maximum atomic E-state index is 6.15. The molecule has 1 nitrogen and oxygen atoms in total. The molecule has 0 aromatic heterocycles. The Hall–Kier alpha value is -0.960. The van der Waals surface area contributed by atoms with Crippen LogP contribution in [-0.4, -0.2) is 0 Å². The van der Waals surface area contributed by atoms with Gasteiger partial charge < -0.3 is 5.73 Å². The molecule has 2 aromatic rings. The molecule has 1 atom stereocenters. The number of thioether (sulfide) groups is 1. The normalized spacial score (nSPS) is 12.4. The molecule has 18 heavy (non-hydrogen) atoms. The second-order valence-corrected chi connectivity index (χ2v) is 5.63. The Balaban J connectivity index is 2.14. The molecule has 94 valence electrons. The van der Waals surface area contributed by atoms with Crippen LogP contribution in [-0.2, 0) is 5.75 Å². The van der Waals surface area contributed by atoms with Crippen LogP contribution < -0.4 is 5.73 Å². The molecule has 0 spiro atoms. The van der Waals surface area contributed by atoms with Crippen LogP contribution in [0.3, 0.4) is 0 Å². The van der Waals surface area contributed by atoms with Gasteiger partial charge in [0.15, 0.2) is 0 Å². The number of nitrogens with two attached hydrogens (primary N) is 1. The van der Waals surface area contributed by atoms with Crippen molar-refractivity contribution in [3.05, 3.63) is 64.7 Å². The lowest BCUT2D eigenvalue weighted by Gasteiger charge is -2.12. The third-order valence-electron chi connectivity index (χ3n) is 2.75. The average molecular weight is 278 g/mol. The molecular weight excluding hydrogens is 262 g/mol. The smallest absolute Gasteiger partial charge is 0.0446 e. The molecule has 0 fully saturated rings. The van der Waals surface area contributed by atoms with E-state index in [2.05, 4.69) is 18.2 Å². The van der Waals surface area contributed by atoms with Crippen molar-refractivity contribution >= 4 is 23.4 Å². The van der Waals surface area contributed by atoms with Gasteiger partial charge >= 0.3 is 0 Å². The second kappa shape index (κ2) is 6.28. The number of halogens is 1. The fourth-order valence-corrected chi connectivity index (χ4v) is 3.20. The van der Waals surface area contributed by atoms with Crippen LogP contribution in [0.1, 0.15) is 24.1 Å². The van der Waals surface area contributed by atoms with E-state index in [4.69, 9.17) is 17.3 Å². The lowest BCUT2D eigenvalue weighted by molar-refractivity contribution is 0.797. The summed E-state index contributed by atoms with van der Waals surface area (Å²) in [5, 5.41) is 0.822. The van der Waals surface area contributed by atoms with Crippen molar-refractivity contribution in [1.82, 2.24) is 0 Å². The molecule has 2 N–H and O–H groups in total. The molecule has 0 amide bonds. The molecule has 1 unspecified atom stereocenters. The number of hydrogen-bond acceptors (Lipinski definition) is 2. The van der Waals surface area contributed by atoms with E-state index in [-0.39, 0.29) is 6.04 Å². The van der Waals surface area contributed by atoms with Gasteiger partial charge in [-0.3, -0.25) is 0 Å². The van der Waals surface area contributed by atoms with Crippen LogP contribution >= 0.6 is 23.4 Å². The number of rotatable bonds is 4. The fraction of sp³-hybridized carbons (Fsp3) is 0.200. The van der Waals surface area contributed by atoms with Gasteiger partial charge in [-0.1, -0.05) is 48.0 Å². The Morgan fingerprint density at radius 1 is 1.11 bits per heavy atom. The molecule has 0 aliphatic heterocycles. The van der Waals surface area contributed by atoms with Crippen LogP contribution in [0.15, 0.2) is 53.4 Å². The minimum absolute atomic E-state index is 0.0555. The van der Waals surface area contributed by atoms with Crippen LogP contribution in [0, 0.1) is 0 Å². The van der Waals surface area contributed by atoms with Gasteiger partial charge in [-0.15, -0.1) is 11.8 Å². The molecule has 0 saturated heterocycles. The van der Waals surface area contributed by atoms with Gasteiger partial charge in [-0.2, -0.15) is 0 Å². The summed E-state index contributed by atoms with van der Waals surface area (Å²) >= 11 is 7.93. The molecule has 0 bridgehead atoms. The highest BCUT2D eigenvalue weighted by atomic mass is 35.5. The van der Waals surface area contributed by atoms with E-state index in [1.54, 1.807) is 11.8 Å². The Morgan fingerprint density at radius 3 is 2.50 bits per heavy atom. The molecule has 0 heterocycles. The van der Waals surface area contributed by atoms with E-state index in [1.165, 1.54) is 10.5 Å². The maximum absolute atomic E-state index is 6.15. The lowest BCUT2D eigenvalue weighted by atomic mass is 10.1. The zero-order chi connectivity index (χ0) is 13.0. The summed E-state index contributed by atoms with van der Waals surface area (Å²) in [4.78, 5) is 1.23. The first-order valence-electron chi connectivity index (χ1n) is 5.89. The summed E-state index contributed by atoms with van der Waals surface area (Å²) in [5.74, 6) is 0.864. The Kier molecular flexibility index (Phi) is 4.70. The first-order chi connectivity index (χ1) is 8.68. The van der Waals surface area contributed by atoms with Crippen molar-refractivity contribution in [2.75, 3.05) is 0 Å². The van der Waals surface area contributed by atoms with Crippen LogP contribution in [0.5, 0.6) is 0 Å². The van der Waals surface area contributed by atoms with Gasteiger partial charge in [-0.25, -0.2) is 0 Å². The third kappa shape index (κ3) is 3.29. The first kappa shape index (κ1) is 13.5. The molecule has 0 saturated carbocycles. The maximum Gasteiger partial charge on any atom is 0.0446 e. The monoisotopic (exact) mass is 277 g/mol. The van der Waals surface area contributed by atoms with Gasteiger partial charge in [0.1, 0.15) is 0 Å². The molecule has 0 aliphatic carbocycles. The average Bonchev–Trinajstić information content (AvgIpc) is 2.38. The molecule has 2 rings (SSSR count). The third-order valence-corrected chi connectivity index (χ3v) is 4.26. The zero-order valence-electron chi connectivity index (χ0n) is 10.3. The van der Waals surface area contributed by atoms with E-state index in [0.29, 0.717) is 0 Å². The summed E-state index contributed by atoms with van der Waals surface area (Å²) in [7, 11) is 0. The van der Waals surface area contributed by atoms with E-state index >= 15 is 0 Å². The summed E-state index contributed by atoms with van der Waals surface area (Å²) in [6, 6.07) is 16.3. The van der Waals surface area contributed by atoms with Crippen molar-refractivity contribution in [3.8, 4) is 0 Å². The summed E-state index contributed by atoms with van der Waals surface area (Å²) in [5.41, 5.74) is 8.32. The van der Waals surface area contributed by atoms with Gasteiger partial charge in [0.05, 0.1) is 0 Å². The van der Waals surface area contributed by atoms with Crippen molar-refractivity contribution in [2.45, 2.75) is 23.6 Å². The first-order valence-corrected chi connectivity index (χ1v) is 7.25. The minimum atomic E-state index is 0.0555. The van der Waals surface area contributed by atoms with Crippen molar-refractivity contribution < 1.29 is 0 Å². The fourth-order valence-electron chi connectivity index (χ4n) is 1.76. The van der Waals surface area contributed by atoms with E-state index < -0.39 is 0 Å². The van der Waals surface area contributed by atoms with Crippen molar-refractivity contribution in [2.24, 2.45) is 5.73 Å². The lowest BCUT2D eigenvalue weighted by Crippen LogP contribution is -2.06. The van der Waals surface area contributed by atoms with Crippen molar-refractivity contribution in [1.29, 1.82) is 0 Å². The second-order valence-electron chi connectivity index (χ2n) is 4.21. The van der Waals surface area contributed by atoms with Crippen LogP contribution in [0.4, 0.5) is 0 Å². The van der Waals surface area contributed by atoms with Gasteiger partial charge in [0.25, 0.3) is 0 Å². The van der Waals surface area contributed by atoms with E-state index in [0.717, 1.165) is 16.3 Å². The predicted octanol–water partition coefficient (Wildman–Crippen LogP) is 4.65. The zero-order valence-corrected chi connectivity index (χ0v) is 11.8. The Morgan fingerprint density at radius 2 is 1.78 bits per heavy atom. The Bertz CT molecular complexity index is 525. The summed E-state index contributed by atoms with van der Waals surface area (Å²) in [6.07, 6.45) is 0. The molecule has 2 aromatic carbocycles. The predicted molar refractivity (Wildman–Crippen MR) is 80.1 cm³/mol. The highest BCUT2D eigenvalue weighted by molar-refractivity contribution is 7.98. The van der Waals surface area contributed by atoms with Crippen molar-refractivity contribution in [3.63, 3.8) is 0 Å².